The van der Waals surface area contributed by atoms with E-state index in [9.17, 15) is 13.2 Å². The number of hydrogen-bond acceptors (Lipinski definition) is 4. The Balaban J connectivity index is 2.46. The molecule has 6 nitrogen and oxygen atoms in total. The van der Waals surface area contributed by atoms with Crippen LogP contribution in [0.2, 0.25) is 5.02 Å². The first-order valence-corrected chi connectivity index (χ1v) is 8.17. The molecule has 116 valence electrons. The Hall–Kier alpha value is -1.31. The maximum absolute atomic E-state index is 12.7. The molecule has 1 aromatic rings. The van der Waals surface area contributed by atoms with Gasteiger partial charge in [0.1, 0.15) is 11.3 Å². The average Bonchev–Trinajstić information content (AvgIpc) is 2.41. The highest BCUT2D eigenvalue weighted by atomic mass is 35.5. The van der Waals surface area contributed by atoms with Crippen LogP contribution in [0, 0.1) is 0 Å². The van der Waals surface area contributed by atoms with E-state index < -0.39 is 15.6 Å². The van der Waals surface area contributed by atoms with Crippen molar-refractivity contribution in [2.75, 3.05) is 20.2 Å². The SMILES string of the molecule is COc1ccc(S(=O)(=O)N2CCNC(=O)C2(C)C)cc1Cl. The molecule has 1 aliphatic rings. The summed E-state index contributed by atoms with van der Waals surface area (Å²) in [5, 5.41) is 2.87. The Morgan fingerprint density at radius 1 is 1.38 bits per heavy atom. The second-order valence-corrected chi connectivity index (χ2v) is 7.46. The summed E-state index contributed by atoms with van der Waals surface area (Å²) in [6.45, 7) is 3.64. The fourth-order valence-corrected chi connectivity index (χ4v) is 4.33. The van der Waals surface area contributed by atoms with Gasteiger partial charge in [-0.1, -0.05) is 11.6 Å². The van der Waals surface area contributed by atoms with Crippen LogP contribution in [0.4, 0.5) is 0 Å². The van der Waals surface area contributed by atoms with Gasteiger partial charge in [-0.2, -0.15) is 4.31 Å². The van der Waals surface area contributed by atoms with Gasteiger partial charge in [0.15, 0.2) is 0 Å². The first-order valence-electron chi connectivity index (χ1n) is 6.36. The van der Waals surface area contributed by atoms with Gasteiger partial charge >= 0.3 is 0 Å². The molecule has 1 aliphatic heterocycles. The number of benzene rings is 1. The van der Waals surface area contributed by atoms with Gasteiger partial charge in [0.05, 0.1) is 17.0 Å². The van der Waals surface area contributed by atoms with E-state index in [0.717, 1.165) is 0 Å². The van der Waals surface area contributed by atoms with Crippen LogP contribution in [0.25, 0.3) is 0 Å². The maximum atomic E-state index is 12.7. The van der Waals surface area contributed by atoms with Crippen molar-refractivity contribution >= 4 is 27.5 Å². The number of amides is 1. The summed E-state index contributed by atoms with van der Waals surface area (Å²) in [5.41, 5.74) is -1.15. The lowest BCUT2D eigenvalue weighted by Crippen LogP contribution is -2.63. The predicted molar refractivity (Wildman–Crippen MR) is 79.0 cm³/mol. The third-order valence-electron chi connectivity index (χ3n) is 3.49. The molecule has 1 N–H and O–H groups in total. The number of nitrogens with zero attached hydrogens (tertiary/aromatic N) is 1. The molecule has 0 aromatic heterocycles. The van der Waals surface area contributed by atoms with Crippen LogP contribution in [-0.4, -0.2) is 44.4 Å². The zero-order chi connectivity index (χ0) is 15.8. The summed E-state index contributed by atoms with van der Waals surface area (Å²) < 4.78 is 31.7. The average molecular weight is 333 g/mol. The summed E-state index contributed by atoms with van der Waals surface area (Å²) in [7, 11) is -2.37. The van der Waals surface area contributed by atoms with Crippen LogP contribution in [0.3, 0.4) is 0 Å². The smallest absolute Gasteiger partial charge is 0.244 e. The normalized spacial score (nSPS) is 19.1. The summed E-state index contributed by atoms with van der Waals surface area (Å²) in [5.74, 6) is 0.0724. The van der Waals surface area contributed by atoms with Crippen molar-refractivity contribution in [3.8, 4) is 5.75 Å². The standard InChI is InChI=1S/C13H17ClN2O4S/c1-13(2)12(17)15-6-7-16(13)21(18,19)9-4-5-11(20-3)10(14)8-9/h4-5,8H,6-7H2,1-3H3,(H,15,17). The number of nitrogens with one attached hydrogen (secondary N) is 1. The minimum Gasteiger partial charge on any atom is -0.495 e. The molecular weight excluding hydrogens is 316 g/mol. The molecule has 8 heteroatoms. The molecule has 1 fully saturated rings. The van der Waals surface area contributed by atoms with Crippen molar-refractivity contribution in [1.29, 1.82) is 0 Å². The first-order chi connectivity index (χ1) is 9.71. The second kappa shape index (κ2) is 5.47. The molecule has 0 bridgehead atoms. The quantitative estimate of drug-likeness (QED) is 0.903. The number of sulfonamides is 1. The van der Waals surface area contributed by atoms with E-state index in [-0.39, 0.29) is 28.9 Å². The number of ether oxygens (including phenoxy) is 1. The summed E-state index contributed by atoms with van der Waals surface area (Å²) >= 11 is 5.99. The van der Waals surface area contributed by atoms with Crippen molar-refractivity contribution in [1.82, 2.24) is 9.62 Å². The van der Waals surface area contributed by atoms with Crippen molar-refractivity contribution in [2.24, 2.45) is 0 Å². The summed E-state index contributed by atoms with van der Waals surface area (Å²) in [4.78, 5) is 11.9. The molecule has 21 heavy (non-hydrogen) atoms. The molecule has 1 saturated heterocycles. The number of rotatable bonds is 3. The minimum absolute atomic E-state index is 0.0380. The van der Waals surface area contributed by atoms with Gasteiger partial charge in [0, 0.05) is 13.1 Å². The molecule has 0 unspecified atom stereocenters. The largest absolute Gasteiger partial charge is 0.495 e. The lowest BCUT2D eigenvalue weighted by Gasteiger charge is -2.39. The second-order valence-electron chi connectivity index (χ2n) is 5.19. The van der Waals surface area contributed by atoms with E-state index in [1.54, 1.807) is 13.8 Å². The van der Waals surface area contributed by atoms with Gasteiger partial charge in [-0.05, 0) is 32.0 Å². The predicted octanol–water partition coefficient (Wildman–Crippen LogP) is 1.25. The molecular formula is C13H17ClN2O4S. The highest BCUT2D eigenvalue weighted by Crippen LogP contribution is 2.31. The molecule has 0 aliphatic carbocycles. The Bertz CT molecular complexity index is 673. The van der Waals surface area contributed by atoms with E-state index >= 15 is 0 Å². The molecule has 1 amide bonds. The maximum Gasteiger partial charge on any atom is 0.244 e. The Labute approximate surface area is 129 Å². The van der Waals surface area contributed by atoms with Crippen LogP contribution < -0.4 is 10.1 Å². The van der Waals surface area contributed by atoms with E-state index in [4.69, 9.17) is 16.3 Å². The number of hydrogen-bond donors (Lipinski definition) is 1. The van der Waals surface area contributed by atoms with Crippen molar-refractivity contribution in [2.45, 2.75) is 24.3 Å². The third-order valence-corrected chi connectivity index (χ3v) is 5.86. The number of methoxy groups -OCH3 is 1. The first kappa shape index (κ1) is 16.1. The zero-order valence-corrected chi connectivity index (χ0v) is 13.6. The highest BCUT2D eigenvalue weighted by Gasteiger charge is 2.44. The summed E-state index contributed by atoms with van der Waals surface area (Å²) in [6.07, 6.45) is 0. The molecule has 1 heterocycles. The zero-order valence-electron chi connectivity index (χ0n) is 12.0. The van der Waals surface area contributed by atoms with E-state index in [1.807, 2.05) is 0 Å². The van der Waals surface area contributed by atoms with Crippen LogP contribution in [0.15, 0.2) is 23.1 Å². The number of carbonyl (C=O) groups excluding carboxylic acids is 1. The lowest BCUT2D eigenvalue weighted by molar-refractivity contribution is -0.131. The number of piperazine rings is 1. The number of halogens is 1. The van der Waals surface area contributed by atoms with Crippen LogP contribution >= 0.6 is 11.6 Å². The fourth-order valence-electron chi connectivity index (χ4n) is 2.24. The van der Waals surface area contributed by atoms with E-state index in [1.165, 1.54) is 29.6 Å². The van der Waals surface area contributed by atoms with E-state index in [2.05, 4.69) is 5.32 Å². The van der Waals surface area contributed by atoms with Gasteiger partial charge in [-0.25, -0.2) is 8.42 Å². The van der Waals surface area contributed by atoms with E-state index in [0.29, 0.717) is 5.75 Å². The summed E-state index contributed by atoms with van der Waals surface area (Å²) in [6, 6.07) is 4.24. The van der Waals surface area contributed by atoms with Gasteiger partial charge in [0.2, 0.25) is 15.9 Å². The van der Waals surface area contributed by atoms with Crippen molar-refractivity contribution in [3.63, 3.8) is 0 Å². The van der Waals surface area contributed by atoms with Gasteiger partial charge in [-0.3, -0.25) is 4.79 Å². The Morgan fingerprint density at radius 2 is 2.05 bits per heavy atom. The fraction of sp³-hybridized carbons (Fsp3) is 0.462. The third kappa shape index (κ3) is 2.73. The van der Waals surface area contributed by atoms with Gasteiger partial charge in [-0.15, -0.1) is 0 Å². The van der Waals surface area contributed by atoms with Crippen LogP contribution in [0.5, 0.6) is 5.75 Å². The lowest BCUT2D eigenvalue weighted by atomic mass is 10.0. The van der Waals surface area contributed by atoms with Crippen molar-refractivity contribution in [3.05, 3.63) is 23.2 Å². The molecule has 1 aromatic carbocycles. The highest BCUT2D eigenvalue weighted by molar-refractivity contribution is 7.89. The minimum atomic E-state index is -3.82. The molecule has 0 saturated carbocycles. The molecule has 2 rings (SSSR count). The molecule has 0 spiro atoms. The Morgan fingerprint density at radius 3 is 2.62 bits per heavy atom. The topological polar surface area (TPSA) is 75.7 Å². The molecule has 0 atom stereocenters. The Kier molecular flexibility index (Phi) is 4.19. The van der Waals surface area contributed by atoms with Crippen LogP contribution in [0.1, 0.15) is 13.8 Å². The van der Waals surface area contributed by atoms with Gasteiger partial charge in [0.25, 0.3) is 0 Å². The molecule has 0 radical (unpaired) electrons. The van der Waals surface area contributed by atoms with Crippen molar-refractivity contribution < 1.29 is 17.9 Å². The van der Waals surface area contributed by atoms with Crippen LogP contribution in [-0.2, 0) is 14.8 Å². The monoisotopic (exact) mass is 332 g/mol. The van der Waals surface area contributed by atoms with Gasteiger partial charge < -0.3 is 10.1 Å². The number of carbonyl (C=O) groups is 1.